The van der Waals surface area contributed by atoms with Crippen LogP contribution in [-0.4, -0.2) is 32.8 Å². The maximum Gasteiger partial charge on any atom is 0.216 e. The van der Waals surface area contributed by atoms with Crippen molar-refractivity contribution in [3.05, 3.63) is 69.2 Å². The molecule has 2 aromatic carbocycles. The first-order valence-corrected chi connectivity index (χ1v) is 9.27. The average Bonchev–Trinajstić information content (AvgIpc) is 3.03. The van der Waals surface area contributed by atoms with Crippen LogP contribution in [0.1, 0.15) is 23.9 Å². The van der Waals surface area contributed by atoms with E-state index in [2.05, 4.69) is 27.4 Å². The van der Waals surface area contributed by atoms with Crippen molar-refractivity contribution in [3.63, 3.8) is 0 Å². The minimum Gasteiger partial charge on any atom is -0.503 e. The highest BCUT2D eigenvalue weighted by atomic mass is 35.5. The van der Waals surface area contributed by atoms with Gasteiger partial charge in [-0.25, -0.2) is 0 Å². The van der Waals surface area contributed by atoms with Crippen molar-refractivity contribution in [1.82, 2.24) is 14.9 Å². The van der Waals surface area contributed by atoms with Crippen LogP contribution >= 0.6 is 23.8 Å². The quantitative estimate of drug-likeness (QED) is 0.454. The summed E-state index contributed by atoms with van der Waals surface area (Å²) in [4.78, 5) is 0. The molecule has 0 spiro atoms. The van der Waals surface area contributed by atoms with Crippen LogP contribution in [0.3, 0.4) is 0 Å². The number of ether oxygens (including phenoxy) is 1. The van der Waals surface area contributed by atoms with Crippen LogP contribution in [0.2, 0.25) is 5.02 Å². The van der Waals surface area contributed by atoms with E-state index in [9.17, 15) is 5.11 Å². The molecular weight excluding hydrogens is 384 g/mol. The van der Waals surface area contributed by atoms with Crippen molar-refractivity contribution in [3.8, 4) is 11.5 Å². The summed E-state index contributed by atoms with van der Waals surface area (Å²) in [5.41, 5.74) is 1.90. The number of aromatic hydroxyl groups is 1. The molecule has 0 aliphatic carbocycles. The van der Waals surface area contributed by atoms with Crippen LogP contribution in [0.15, 0.2) is 47.6 Å². The van der Waals surface area contributed by atoms with Gasteiger partial charge in [0.05, 0.1) is 17.8 Å². The fourth-order valence-electron chi connectivity index (χ4n) is 2.56. The van der Waals surface area contributed by atoms with Crippen LogP contribution in [0.5, 0.6) is 11.5 Å². The molecule has 1 aromatic heterocycles. The minimum absolute atomic E-state index is 0.0841. The number of rotatable bonds is 7. The fourth-order valence-corrected chi connectivity index (χ4v) is 2.98. The van der Waals surface area contributed by atoms with Crippen molar-refractivity contribution in [2.45, 2.75) is 19.8 Å². The maximum atomic E-state index is 9.93. The van der Waals surface area contributed by atoms with Crippen molar-refractivity contribution >= 4 is 30.0 Å². The van der Waals surface area contributed by atoms with Gasteiger partial charge < -0.3 is 9.84 Å². The van der Waals surface area contributed by atoms with E-state index in [1.165, 1.54) is 5.56 Å². The summed E-state index contributed by atoms with van der Waals surface area (Å²) in [6, 6.07) is 13.4. The van der Waals surface area contributed by atoms with Gasteiger partial charge in [0.25, 0.3) is 0 Å². The van der Waals surface area contributed by atoms with Gasteiger partial charge in [-0.3, -0.25) is 5.10 Å². The zero-order valence-corrected chi connectivity index (χ0v) is 16.3. The number of halogens is 1. The van der Waals surface area contributed by atoms with E-state index in [0.29, 0.717) is 29.1 Å². The molecule has 0 aliphatic heterocycles. The van der Waals surface area contributed by atoms with E-state index in [4.69, 9.17) is 28.6 Å². The summed E-state index contributed by atoms with van der Waals surface area (Å²) in [6.07, 6.45) is 3.12. The predicted octanol–water partition coefficient (Wildman–Crippen LogP) is 4.37. The summed E-state index contributed by atoms with van der Waals surface area (Å²) in [6.45, 7) is 2.25. The third-order valence-electron chi connectivity index (χ3n) is 3.87. The molecule has 1 heterocycles. The Balaban J connectivity index is 1.81. The Labute approximate surface area is 167 Å². The summed E-state index contributed by atoms with van der Waals surface area (Å²) >= 11 is 11.3. The topological polar surface area (TPSA) is 75.4 Å². The number of aromatic amines is 1. The molecule has 2 N–H and O–H groups in total. The van der Waals surface area contributed by atoms with Gasteiger partial charge in [-0.2, -0.15) is 14.9 Å². The van der Waals surface area contributed by atoms with Crippen LogP contribution < -0.4 is 4.74 Å². The highest BCUT2D eigenvalue weighted by Crippen LogP contribution is 2.34. The minimum atomic E-state index is -0.0841. The molecule has 6 nitrogen and oxygen atoms in total. The number of aryl methyl sites for hydroxylation is 2. The van der Waals surface area contributed by atoms with Crippen LogP contribution in [-0.2, 0) is 12.8 Å². The molecule has 27 heavy (non-hydrogen) atoms. The maximum absolute atomic E-state index is 9.93. The van der Waals surface area contributed by atoms with Gasteiger partial charge >= 0.3 is 0 Å². The molecule has 3 rings (SSSR count). The van der Waals surface area contributed by atoms with Gasteiger partial charge in [-0.05, 0) is 48.8 Å². The normalized spacial score (nSPS) is 11.2. The number of phenols is 1. The second-order valence-corrected chi connectivity index (χ2v) is 6.56. The lowest BCUT2D eigenvalue weighted by Crippen LogP contribution is -2.02. The summed E-state index contributed by atoms with van der Waals surface area (Å²) < 4.78 is 7.38. The number of hydrogen-bond donors (Lipinski definition) is 2. The lowest BCUT2D eigenvalue weighted by Gasteiger charge is -2.08. The van der Waals surface area contributed by atoms with Gasteiger partial charge in [-0.1, -0.05) is 41.9 Å². The molecule has 0 amide bonds. The lowest BCUT2D eigenvalue weighted by molar-refractivity contribution is 0.318. The number of hydrogen-bond acceptors (Lipinski definition) is 5. The fraction of sp³-hybridized carbons (Fsp3) is 0.211. The van der Waals surface area contributed by atoms with E-state index in [-0.39, 0.29) is 10.8 Å². The summed E-state index contributed by atoms with van der Waals surface area (Å²) in [7, 11) is 0. The van der Waals surface area contributed by atoms with Gasteiger partial charge in [0.2, 0.25) is 4.77 Å². The SMILES string of the molecule is CCOc1cc(/C=N\n2c(CCc3ccccc3)n[nH]c2=S)cc(Cl)c1O. The molecule has 0 unspecified atom stereocenters. The summed E-state index contributed by atoms with van der Waals surface area (Å²) in [5, 5.41) is 21.6. The lowest BCUT2D eigenvalue weighted by atomic mass is 10.1. The second kappa shape index (κ2) is 8.83. The number of nitrogens with one attached hydrogen (secondary N) is 1. The van der Waals surface area contributed by atoms with E-state index >= 15 is 0 Å². The number of aromatic nitrogens is 3. The monoisotopic (exact) mass is 402 g/mol. The Hall–Kier alpha value is -2.64. The molecule has 0 fully saturated rings. The molecular formula is C19H19ClN4O2S. The van der Waals surface area contributed by atoms with E-state index < -0.39 is 0 Å². The third-order valence-corrected chi connectivity index (χ3v) is 4.42. The molecule has 0 aliphatic rings. The molecule has 0 saturated heterocycles. The van der Waals surface area contributed by atoms with Crippen molar-refractivity contribution in [2.24, 2.45) is 5.10 Å². The molecule has 3 aromatic rings. The molecule has 0 atom stereocenters. The van der Waals surface area contributed by atoms with E-state index in [0.717, 1.165) is 12.2 Å². The molecule has 0 bridgehead atoms. The van der Waals surface area contributed by atoms with Crippen LogP contribution in [0.25, 0.3) is 0 Å². The van der Waals surface area contributed by atoms with Crippen LogP contribution in [0.4, 0.5) is 0 Å². The number of benzene rings is 2. The number of phenolic OH excluding ortho intramolecular Hbond substituents is 1. The molecule has 0 saturated carbocycles. The first-order chi connectivity index (χ1) is 13.1. The van der Waals surface area contributed by atoms with Gasteiger partial charge in [0.1, 0.15) is 0 Å². The smallest absolute Gasteiger partial charge is 0.216 e. The third kappa shape index (κ3) is 4.75. The summed E-state index contributed by atoms with van der Waals surface area (Å²) in [5.74, 6) is 0.959. The first kappa shape index (κ1) is 19.1. The number of H-pyrrole nitrogens is 1. The average molecular weight is 403 g/mol. The second-order valence-electron chi connectivity index (χ2n) is 5.77. The molecule has 0 radical (unpaired) electrons. The van der Waals surface area contributed by atoms with Crippen LogP contribution in [0, 0.1) is 4.77 Å². The Kier molecular flexibility index (Phi) is 6.26. The van der Waals surface area contributed by atoms with Crippen molar-refractivity contribution in [2.75, 3.05) is 6.61 Å². The highest BCUT2D eigenvalue weighted by Gasteiger charge is 2.09. The van der Waals surface area contributed by atoms with Gasteiger partial charge in [0, 0.05) is 6.42 Å². The van der Waals surface area contributed by atoms with E-state index in [1.54, 1.807) is 23.0 Å². The van der Waals surface area contributed by atoms with Gasteiger partial charge in [-0.15, -0.1) is 0 Å². The predicted molar refractivity (Wildman–Crippen MR) is 109 cm³/mol. The Morgan fingerprint density at radius 1 is 1.30 bits per heavy atom. The zero-order valence-electron chi connectivity index (χ0n) is 14.7. The Bertz CT molecular complexity index is 999. The molecule has 8 heteroatoms. The van der Waals surface area contributed by atoms with Crippen molar-refractivity contribution < 1.29 is 9.84 Å². The largest absolute Gasteiger partial charge is 0.503 e. The highest BCUT2D eigenvalue weighted by molar-refractivity contribution is 7.71. The zero-order chi connectivity index (χ0) is 19.2. The molecule has 140 valence electrons. The van der Waals surface area contributed by atoms with Crippen molar-refractivity contribution in [1.29, 1.82) is 0 Å². The standard InChI is InChI=1S/C19H19ClN4O2S/c1-2-26-16-11-14(10-15(20)18(16)25)12-21-24-17(22-23-19(24)27)9-8-13-6-4-3-5-7-13/h3-7,10-12,25H,2,8-9H2,1H3,(H,23,27)/b21-12-. The Morgan fingerprint density at radius 3 is 2.81 bits per heavy atom. The number of nitrogens with zero attached hydrogens (tertiary/aromatic N) is 3. The van der Waals surface area contributed by atoms with E-state index in [1.807, 2.05) is 25.1 Å². The van der Waals surface area contributed by atoms with Gasteiger partial charge in [0.15, 0.2) is 17.3 Å². The Morgan fingerprint density at radius 2 is 2.07 bits per heavy atom. The first-order valence-electron chi connectivity index (χ1n) is 8.48.